The molecule has 1 saturated carbocycles. The minimum absolute atomic E-state index is 0.151. The highest BCUT2D eigenvalue weighted by Gasteiger charge is 2.23. The van der Waals surface area contributed by atoms with E-state index in [2.05, 4.69) is 17.2 Å². The molecule has 0 aromatic rings. The second kappa shape index (κ2) is 7.77. The monoisotopic (exact) mass is 282 g/mol. The second-order valence-corrected chi connectivity index (χ2v) is 5.06. The molecule has 0 aromatic carbocycles. The molecule has 0 aromatic heterocycles. The van der Waals surface area contributed by atoms with E-state index >= 15 is 0 Å². The molecule has 0 radical (unpaired) electrons. The Morgan fingerprint density at radius 3 is 2.35 bits per heavy atom. The Kier molecular flexibility index (Phi) is 6.35. The molecule has 0 spiro atoms. The fraction of sp³-hybridized carbons (Fsp3) is 0.643. The highest BCUT2D eigenvalue weighted by molar-refractivity contribution is 6.02. The van der Waals surface area contributed by atoms with Crippen molar-refractivity contribution in [2.45, 2.75) is 45.6 Å². The summed E-state index contributed by atoms with van der Waals surface area (Å²) in [5, 5.41) is 18.1. The van der Waals surface area contributed by atoms with Gasteiger partial charge in [0.25, 0.3) is 0 Å². The minimum atomic E-state index is -1.17. The maximum Gasteiger partial charge on any atom is 0.233 e. The molecule has 0 bridgehead atoms. The summed E-state index contributed by atoms with van der Waals surface area (Å²) >= 11 is 0. The molecule has 20 heavy (non-hydrogen) atoms. The Hall–Kier alpha value is -1.72. The lowest BCUT2D eigenvalue weighted by Gasteiger charge is -2.28. The highest BCUT2D eigenvalue weighted by Crippen LogP contribution is 2.24. The van der Waals surface area contributed by atoms with Crippen molar-refractivity contribution in [1.82, 2.24) is 5.32 Å². The normalized spacial score (nSPS) is 24.2. The van der Waals surface area contributed by atoms with Crippen LogP contribution in [-0.2, 0) is 4.74 Å². The molecule has 6 heteroatoms. The number of allylic oxidation sites excluding steroid dienone is 1. The molecule has 0 atom stereocenters. The number of methoxy groups -OCH3 is 1. The first-order chi connectivity index (χ1) is 9.49. The Labute approximate surface area is 119 Å². The van der Waals surface area contributed by atoms with Crippen LogP contribution in [0.25, 0.3) is 0 Å². The average molecular weight is 282 g/mol. The van der Waals surface area contributed by atoms with E-state index in [-0.39, 0.29) is 23.3 Å². The van der Waals surface area contributed by atoms with Crippen molar-refractivity contribution in [2.75, 3.05) is 7.11 Å². The van der Waals surface area contributed by atoms with Gasteiger partial charge in [-0.15, -0.1) is 0 Å². The average Bonchev–Trinajstić information content (AvgIpc) is 2.43. The third kappa shape index (κ3) is 4.43. The quantitative estimate of drug-likeness (QED) is 0.535. The molecular weight excluding hydrogens is 259 g/mol. The molecule has 0 amide bonds. The van der Waals surface area contributed by atoms with Crippen LogP contribution in [0.5, 0.6) is 0 Å². The molecular formula is C14H23FN4O. The Balaban J connectivity index is 2.97. The van der Waals surface area contributed by atoms with Gasteiger partial charge < -0.3 is 10.1 Å². The first kappa shape index (κ1) is 16.3. The van der Waals surface area contributed by atoms with Crippen LogP contribution in [0.3, 0.4) is 0 Å². The number of hydrogen-bond acceptors (Lipinski definition) is 5. The van der Waals surface area contributed by atoms with Crippen molar-refractivity contribution >= 4 is 18.1 Å². The first-order valence-corrected chi connectivity index (χ1v) is 6.86. The van der Waals surface area contributed by atoms with Crippen LogP contribution in [0.4, 0.5) is 4.39 Å². The fourth-order valence-corrected chi connectivity index (χ4v) is 2.31. The zero-order valence-electron chi connectivity index (χ0n) is 12.3. The lowest BCUT2D eigenvalue weighted by atomic mass is 9.87. The van der Waals surface area contributed by atoms with Gasteiger partial charge in [-0.3, -0.25) is 15.8 Å². The SMILES string of the molecule is CC=N/C(C(=N)F)=C(/NC1CCC(C)CC1)C(=N)OC. The van der Waals surface area contributed by atoms with Crippen LogP contribution in [0.1, 0.15) is 39.5 Å². The van der Waals surface area contributed by atoms with Crippen LogP contribution in [0.2, 0.25) is 0 Å². The van der Waals surface area contributed by atoms with E-state index in [4.69, 9.17) is 15.6 Å². The van der Waals surface area contributed by atoms with Crippen LogP contribution < -0.4 is 5.32 Å². The summed E-state index contributed by atoms with van der Waals surface area (Å²) in [6, 6.07) is 0.165. The zero-order valence-corrected chi connectivity index (χ0v) is 12.3. The summed E-state index contributed by atoms with van der Waals surface area (Å²) < 4.78 is 18.2. The number of aliphatic imine (C=N–C) groups is 1. The van der Waals surface area contributed by atoms with Crippen LogP contribution in [0.15, 0.2) is 16.4 Å². The van der Waals surface area contributed by atoms with Gasteiger partial charge in [0.1, 0.15) is 11.4 Å². The van der Waals surface area contributed by atoms with E-state index in [9.17, 15) is 4.39 Å². The molecule has 1 fully saturated rings. The predicted octanol–water partition coefficient (Wildman–Crippen LogP) is 3.03. The molecule has 1 rings (SSSR count). The van der Waals surface area contributed by atoms with E-state index < -0.39 is 5.97 Å². The number of hydrogen-bond donors (Lipinski definition) is 3. The predicted molar refractivity (Wildman–Crippen MR) is 79.3 cm³/mol. The molecule has 112 valence electrons. The van der Waals surface area contributed by atoms with E-state index in [0.29, 0.717) is 5.92 Å². The standard InChI is InChI=1S/C14H23FN4O/c1-4-18-11(13(15)16)12(14(17)20-3)19-10-7-5-9(2)6-8-10/h4,9-10,16-17,19H,5-8H2,1-3H3/b12-11+,16-13?,17-14?,18-4?. The topological polar surface area (TPSA) is 81.3 Å². The summed E-state index contributed by atoms with van der Waals surface area (Å²) in [6.45, 7) is 3.85. The molecule has 0 saturated heterocycles. The van der Waals surface area contributed by atoms with Crippen molar-refractivity contribution in [1.29, 1.82) is 10.8 Å². The molecule has 0 unspecified atom stereocenters. The van der Waals surface area contributed by atoms with Crippen molar-refractivity contribution in [3.8, 4) is 0 Å². The molecule has 0 aliphatic heterocycles. The molecule has 5 nitrogen and oxygen atoms in total. The highest BCUT2D eigenvalue weighted by atomic mass is 19.1. The van der Waals surface area contributed by atoms with Gasteiger partial charge in [0, 0.05) is 12.3 Å². The Bertz CT molecular complexity index is 423. The zero-order chi connectivity index (χ0) is 15.1. The van der Waals surface area contributed by atoms with Gasteiger partial charge in [-0.2, -0.15) is 4.39 Å². The number of halogens is 1. The van der Waals surface area contributed by atoms with E-state index in [1.165, 1.54) is 13.3 Å². The van der Waals surface area contributed by atoms with E-state index in [1.54, 1.807) is 6.92 Å². The number of rotatable bonds is 5. The Morgan fingerprint density at radius 1 is 1.30 bits per heavy atom. The minimum Gasteiger partial charge on any atom is -0.480 e. The van der Waals surface area contributed by atoms with Gasteiger partial charge in [0.05, 0.1) is 7.11 Å². The summed E-state index contributed by atoms with van der Waals surface area (Å²) in [7, 11) is 1.35. The number of nitrogens with zero attached hydrogens (tertiary/aromatic N) is 1. The molecule has 1 aliphatic carbocycles. The molecule has 0 heterocycles. The second-order valence-electron chi connectivity index (χ2n) is 5.06. The smallest absolute Gasteiger partial charge is 0.233 e. The van der Waals surface area contributed by atoms with Gasteiger partial charge >= 0.3 is 0 Å². The fourth-order valence-electron chi connectivity index (χ4n) is 2.31. The number of ether oxygens (including phenoxy) is 1. The van der Waals surface area contributed by atoms with Crippen LogP contribution >= 0.6 is 0 Å². The van der Waals surface area contributed by atoms with Crippen molar-refractivity contribution in [2.24, 2.45) is 10.9 Å². The van der Waals surface area contributed by atoms with E-state index in [0.717, 1.165) is 25.7 Å². The maximum absolute atomic E-state index is 13.3. The summed E-state index contributed by atoms with van der Waals surface area (Å²) in [5.74, 6) is -0.668. The first-order valence-electron chi connectivity index (χ1n) is 6.86. The lowest BCUT2D eigenvalue weighted by Crippen LogP contribution is -2.36. The Morgan fingerprint density at radius 2 is 1.90 bits per heavy atom. The van der Waals surface area contributed by atoms with Crippen molar-refractivity contribution in [3.05, 3.63) is 11.4 Å². The van der Waals surface area contributed by atoms with Crippen LogP contribution in [0, 0.1) is 16.7 Å². The van der Waals surface area contributed by atoms with Gasteiger partial charge in [-0.25, -0.2) is 0 Å². The van der Waals surface area contributed by atoms with Gasteiger partial charge in [-0.1, -0.05) is 6.92 Å². The molecule has 1 aliphatic rings. The summed E-state index contributed by atoms with van der Waals surface area (Å²) in [6.07, 6.45) is 5.53. The van der Waals surface area contributed by atoms with Crippen LogP contribution in [-0.4, -0.2) is 31.2 Å². The maximum atomic E-state index is 13.3. The van der Waals surface area contributed by atoms with Gasteiger partial charge in [-0.05, 0) is 38.5 Å². The van der Waals surface area contributed by atoms with Gasteiger partial charge in [0.15, 0.2) is 0 Å². The van der Waals surface area contributed by atoms with E-state index in [1.807, 2.05) is 0 Å². The third-order valence-electron chi connectivity index (χ3n) is 3.50. The lowest BCUT2D eigenvalue weighted by molar-refractivity contribution is 0.318. The largest absolute Gasteiger partial charge is 0.480 e. The third-order valence-corrected chi connectivity index (χ3v) is 3.50. The molecule has 3 N–H and O–H groups in total. The van der Waals surface area contributed by atoms with Gasteiger partial charge in [0.2, 0.25) is 11.9 Å². The van der Waals surface area contributed by atoms with Crippen molar-refractivity contribution in [3.63, 3.8) is 0 Å². The number of nitrogens with one attached hydrogen (secondary N) is 3. The van der Waals surface area contributed by atoms with Crippen molar-refractivity contribution < 1.29 is 9.13 Å². The summed E-state index contributed by atoms with van der Waals surface area (Å²) in [5.41, 5.74) is -0.0318. The summed E-state index contributed by atoms with van der Waals surface area (Å²) in [4.78, 5) is 3.85.